The van der Waals surface area contributed by atoms with Crippen LogP contribution in [0.4, 0.5) is 0 Å². The lowest BCUT2D eigenvalue weighted by Crippen LogP contribution is -2.32. The molecule has 2 rings (SSSR count). The van der Waals surface area contributed by atoms with Crippen molar-refractivity contribution in [3.05, 3.63) is 36.3 Å². The van der Waals surface area contributed by atoms with Crippen molar-refractivity contribution in [3.8, 4) is 0 Å². The molecule has 0 bridgehead atoms. The van der Waals surface area contributed by atoms with Crippen LogP contribution in [0.2, 0.25) is 0 Å². The molecule has 0 aliphatic heterocycles. The third-order valence-corrected chi connectivity index (χ3v) is 2.60. The smallest absolute Gasteiger partial charge is 0.286 e. The lowest BCUT2D eigenvalue weighted by atomic mass is 10.3. The predicted molar refractivity (Wildman–Crippen MR) is 68.6 cm³/mol. The lowest BCUT2D eigenvalue weighted by molar-refractivity contribution is -0.121. The van der Waals surface area contributed by atoms with Crippen molar-refractivity contribution in [1.29, 1.82) is 0 Å². The lowest BCUT2D eigenvalue weighted by Gasteiger charge is -2.11. The number of amides is 2. The Morgan fingerprint density at radius 2 is 2.35 bits per heavy atom. The van der Waals surface area contributed by atoms with Gasteiger partial charge in [0.25, 0.3) is 5.91 Å². The number of H-pyrrole nitrogens is 1. The number of nitrogens with zero attached hydrogens (tertiary/aromatic N) is 2. The molecule has 2 heterocycles. The standard InChI is InChI=1S/C12H15N5O3/c1-8(11-14-7-15-17-11)16-10(18)4-5-13-12(19)9-3-2-6-20-9/h2-3,6-8H,4-5H2,1H3,(H,13,19)(H,16,18)(H,14,15,17). The highest BCUT2D eigenvalue weighted by atomic mass is 16.3. The van der Waals surface area contributed by atoms with Crippen molar-refractivity contribution in [3.63, 3.8) is 0 Å². The molecular formula is C12H15N5O3. The fourth-order valence-electron chi connectivity index (χ4n) is 1.59. The monoisotopic (exact) mass is 277 g/mol. The van der Waals surface area contributed by atoms with Crippen molar-refractivity contribution in [2.75, 3.05) is 6.54 Å². The van der Waals surface area contributed by atoms with Crippen molar-refractivity contribution in [2.24, 2.45) is 0 Å². The van der Waals surface area contributed by atoms with Gasteiger partial charge in [0.2, 0.25) is 5.91 Å². The van der Waals surface area contributed by atoms with E-state index in [2.05, 4.69) is 25.8 Å². The topological polar surface area (TPSA) is 113 Å². The third kappa shape index (κ3) is 3.67. The Labute approximate surface area is 115 Å². The van der Waals surface area contributed by atoms with Gasteiger partial charge in [-0.15, -0.1) is 0 Å². The molecule has 1 atom stereocenters. The van der Waals surface area contributed by atoms with Crippen molar-refractivity contribution in [1.82, 2.24) is 25.8 Å². The third-order valence-electron chi connectivity index (χ3n) is 2.60. The van der Waals surface area contributed by atoms with E-state index in [1.165, 1.54) is 12.6 Å². The number of aromatic nitrogens is 3. The molecule has 0 aliphatic carbocycles. The summed E-state index contributed by atoms with van der Waals surface area (Å²) in [5, 5.41) is 11.7. The van der Waals surface area contributed by atoms with E-state index in [-0.39, 0.29) is 36.6 Å². The first kappa shape index (κ1) is 13.8. The van der Waals surface area contributed by atoms with E-state index in [0.717, 1.165) is 0 Å². The number of nitrogens with one attached hydrogen (secondary N) is 3. The summed E-state index contributed by atoms with van der Waals surface area (Å²) < 4.78 is 4.93. The van der Waals surface area contributed by atoms with Gasteiger partial charge >= 0.3 is 0 Å². The fraction of sp³-hybridized carbons (Fsp3) is 0.333. The van der Waals surface area contributed by atoms with E-state index in [9.17, 15) is 9.59 Å². The molecule has 1 unspecified atom stereocenters. The molecule has 20 heavy (non-hydrogen) atoms. The second kappa shape index (κ2) is 6.50. The highest BCUT2D eigenvalue weighted by Gasteiger charge is 2.12. The van der Waals surface area contributed by atoms with Gasteiger partial charge < -0.3 is 15.1 Å². The van der Waals surface area contributed by atoms with Crippen LogP contribution in [0.5, 0.6) is 0 Å². The van der Waals surface area contributed by atoms with E-state index in [1.54, 1.807) is 19.1 Å². The molecule has 0 aromatic carbocycles. The van der Waals surface area contributed by atoms with Crippen LogP contribution in [0.15, 0.2) is 29.1 Å². The predicted octanol–water partition coefficient (Wildman–Crippen LogP) is 0.395. The van der Waals surface area contributed by atoms with Gasteiger partial charge in [0, 0.05) is 13.0 Å². The molecule has 8 nitrogen and oxygen atoms in total. The van der Waals surface area contributed by atoms with Crippen LogP contribution in [0.1, 0.15) is 35.8 Å². The van der Waals surface area contributed by atoms with Crippen LogP contribution in [0, 0.1) is 0 Å². The molecule has 0 spiro atoms. The minimum absolute atomic E-state index is 0.172. The summed E-state index contributed by atoms with van der Waals surface area (Å²) in [4.78, 5) is 27.2. The zero-order valence-electron chi connectivity index (χ0n) is 10.9. The minimum atomic E-state index is -0.342. The Balaban J connectivity index is 1.69. The first-order valence-corrected chi connectivity index (χ1v) is 6.13. The van der Waals surface area contributed by atoms with Gasteiger partial charge in [-0.25, -0.2) is 4.98 Å². The normalized spacial score (nSPS) is 11.8. The average Bonchev–Trinajstić information content (AvgIpc) is 3.12. The number of hydrogen-bond acceptors (Lipinski definition) is 5. The molecule has 0 fully saturated rings. The Morgan fingerprint density at radius 3 is 3.00 bits per heavy atom. The van der Waals surface area contributed by atoms with Crippen LogP contribution in [0.25, 0.3) is 0 Å². The summed E-state index contributed by atoms with van der Waals surface area (Å²) in [6.07, 6.45) is 2.97. The number of aromatic amines is 1. The van der Waals surface area contributed by atoms with Crippen LogP contribution < -0.4 is 10.6 Å². The van der Waals surface area contributed by atoms with E-state index < -0.39 is 0 Å². The largest absolute Gasteiger partial charge is 0.459 e. The second-order valence-corrected chi connectivity index (χ2v) is 4.14. The van der Waals surface area contributed by atoms with Crippen molar-refractivity contribution >= 4 is 11.8 Å². The molecular weight excluding hydrogens is 262 g/mol. The Morgan fingerprint density at radius 1 is 1.50 bits per heavy atom. The summed E-state index contributed by atoms with van der Waals surface area (Å²) in [6.45, 7) is 2.02. The Kier molecular flexibility index (Phi) is 4.48. The van der Waals surface area contributed by atoms with E-state index in [1.807, 2.05) is 0 Å². The molecule has 2 amide bonds. The summed E-state index contributed by atoms with van der Waals surface area (Å²) in [5.74, 6) is 0.276. The molecule has 0 radical (unpaired) electrons. The van der Waals surface area contributed by atoms with Crippen LogP contribution >= 0.6 is 0 Å². The van der Waals surface area contributed by atoms with E-state index in [0.29, 0.717) is 5.82 Å². The Bertz CT molecular complexity index is 550. The highest BCUT2D eigenvalue weighted by Crippen LogP contribution is 2.04. The molecule has 0 aliphatic rings. The minimum Gasteiger partial charge on any atom is -0.459 e. The second-order valence-electron chi connectivity index (χ2n) is 4.14. The zero-order valence-corrected chi connectivity index (χ0v) is 10.9. The first-order valence-electron chi connectivity index (χ1n) is 6.13. The van der Waals surface area contributed by atoms with Crippen LogP contribution in [-0.2, 0) is 4.79 Å². The van der Waals surface area contributed by atoms with Gasteiger partial charge in [-0.05, 0) is 19.1 Å². The maximum absolute atomic E-state index is 11.7. The van der Waals surface area contributed by atoms with Gasteiger partial charge in [-0.2, -0.15) is 5.10 Å². The summed E-state index contributed by atoms with van der Waals surface area (Å²) >= 11 is 0. The molecule has 0 saturated heterocycles. The molecule has 106 valence electrons. The Hall–Kier alpha value is -2.64. The van der Waals surface area contributed by atoms with Gasteiger partial charge in [-0.1, -0.05) is 0 Å². The van der Waals surface area contributed by atoms with Crippen LogP contribution in [-0.4, -0.2) is 33.5 Å². The van der Waals surface area contributed by atoms with E-state index >= 15 is 0 Å². The van der Waals surface area contributed by atoms with Crippen LogP contribution in [0.3, 0.4) is 0 Å². The molecule has 8 heteroatoms. The fourth-order valence-corrected chi connectivity index (χ4v) is 1.59. The number of carbonyl (C=O) groups is 2. The molecule has 2 aromatic rings. The summed E-state index contributed by atoms with van der Waals surface area (Å²) in [7, 11) is 0. The number of rotatable bonds is 6. The molecule has 0 saturated carbocycles. The van der Waals surface area contributed by atoms with Gasteiger partial charge in [-0.3, -0.25) is 14.7 Å². The summed E-state index contributed by atoms with van der Waals surface area (Å²) in [5.41, 5.74) is 0. The maximum Gasteiger partial charge on any atom is 0.286 e. The summed E-state index contributed by atoms with van der Waals surface area (Å²) in [6, 6.07) is 2.92. The highest BCUT2D eigenvalue weighted by molar-refractivity contribution is 5.91. The zero-order chi connectivity index (χ0) is 14.4. The number of furan rings is 1. The average molecular weight is 277 g/mol. The van der Waals surface area contributed by atoms with Gasteiger partial charge in [0.05, 0.1) is 12.3 Å². The van der Waals surface area contributed by atoms with Gasteiger partial charge in [0.1, 0.15) is 12.2 Å². The van der Waals surface area contributed by atoms with Crippen molar-refractivity contribution < 1.29 is 14.0 Å². The van der Waals surface area contributed by atoms with E-state index in [4.69, 9.17) is 4.42 Å². The maximum atomic E-state index is 11.7. The molecule has 2 aromatic heterocycles. The van der Waals surface area contributed by atoms with Crippen molar-refractivity contribution in [2.45, 2.75) is 19.4 Å². The first-order chi connectivity index (χ1) is 9.66. The quantitative estimate of drug-likeness (QED) is 0.707. The molecule has 3 N–H and O–H groups in total. The number of carbonyl (C=O) groups excluding carboxylic acids is 2. The number of hydrogen-bond donors (Lipinski definition) is 3. The van der Waals surface area contributed by atoms with Gasteiger partial charge in [0.15, 0.2) is 5.76 Å². The SMILES string of the molecule is CC(NC(=O)CCNC(=O)c1ccco1)c1ncn[nH]1.